The SMILES string of the molecule is C[C@H](CC#N)n1cc(-c2ncnc3c2ccn3COCC[Si](C)(C)C)cn1. The topological polar surface area (TPSA) is 81.5 Å². The van der Waals surface area contributed by atoms with Gasteiger partial charge >= 0.3 is 0 Å². The Kier molecular flexibility index (Phi) is 5.73. The number of nitriles is 1. The molecule has 8 heteroatoms. The van der Waals surface area contributed by atoms with Crippen LogP contribution in [-0.4, -0.2) is 39.0 Å². The molecule has 0 radical (unpaired) electrons. The van der Waals surface area contributed by atoms with Gasteiger partial charge in [0.15, 0.2) is 0 Å². The van der Waals surface area contributed by atoms with Crippen LogP contribution in [0.1, 0.15) is 19.4 Å². The van der Waals surface area contributed by atoms with Gasteiger partial charge in [-0.1, -0.05) is 19.6 Å². The molecule has 3 heterocycles. The van der Waals surface area contributed by atoms with Crippen molar-refractivity contribution < 1.29 is 4.74 Å². The van der Waals surface area contributed by atoms with Gasteiger partial charge in [-0.25, -0.2) is 9.97 Å². The molecule has 0 aliphatic carbocycles. The van der Waals surface area contributed by atoms with E-state index in [0.29, 0.717) is 13.2 Å². The highest BCUT2D eigenvalue weighted by Crippen LogP contribution is 2.26. The molecule has 0 bridgehead atoms. The van der Waals surface area contributed by atoms with E-state index >= 15 is 0 Å². The van der Waals surface area contributed by atoms with E-state index in [4.69, 9.17) is 10.00 Å². The zero-order chi connectivity index (χ0) is 19.4. The fourth-order valence-corrected chi connectivity index (χ4v) is 3.56. The highest BCUT2D eigenvalue weighted by molar-refractivity contribution is 6.76. The molecule has 0 amide bonds. The number of fused-ring (bicyclic) bond motifs is 1. The Hall–Kier alpha value is -2.50. The Morgan fingerprint density at radius 3 is 2.85 bits per heavy atom. The highest BCUT2D eigenvalue weighted by atomic mass is 28.3. The van der Waals surface area contributed by atoms with E-state index < -0.39 is 8.07 Å². The standard InChI is InChI=1S/C19H26N6OSi/c1-15(5-7-20)25-12-16(11-23-25)18-17-6-8-24(19(17)22-13-21-18)14-26-9-10-27(2,3)4/h6,8,11-13,15H,5,9-10,14H2,1-4H3/t15-/m1/s1. The first kappa shape index (κ1) is 19.3. The van der Waals surface area contributed by atoms with Crippen LogP contribution in [0, 0.1) is 11.3 Å². The predicted octanol–water partition coefficient (Wildman–Crippen LogP) is 4.08. The molecular weight excluding hydrogens is 356 g/mol. The van der Waals surface area contributed by atoms with Crippen molar-refractivity contribution in [3.63, 3.8) is 0 Å². The van der Waals surface area contributed by atoms with Crippen LogP contribution >= 0.6 is 0 Å². The summed E-state index contributed by atoms with van der Waals surface area (Å²) < 4.78 is 9.68. The fraction of sp³-hybridized carbons (Fsp3) is 0.474. The van der Waals surface area contributed by atoms with Crippen molar-refractivity contribution >= 4 is 19.1 Å². The Morgan fingerprint density at radius 2 is 2.11 bits per heavy atom. The molecule has 0 unspecified atom stereocenters. The minimum Gasteiger partial charge on any atom is -0.361 e. The molecule has 142 valence electrons. The molecule has 27 heavy (non-hydrogen) atoms. The van der Waals surface area contributed by atoms with Gasteiger partial charge in [-0.3, -0.25) is 4.68 Å². The van der Waals surface area contributed by atoms with Crippen molar-refractivity contribution in [2.24, 2.45) is 0 Å². The summed E-state index contributed by atoms with van der Waals surface area (Å²) in [5.41, 5.74) is 2.62. The largest absolute Gasteiger partial charge is 0.361 e. The number of aromatic nitrogens is 5. The van der Waals surface area contributed by atoms with Gasteiger partial charge in [0, 0.05) is 38.0 Å². The molecule has 0 aliphatic rings. The van der Waals surface area contributed by atoms with Gasteiger partial charge in [0.1, 0.15) is 18.7 Å². The first-order valence-electron chi connectivity index (χ1n) is 9.18. The van der Waals surface area contributed by atoms with Crippen molar-refractivity contribution in [3.8, 4) is 17.3 Å². The summed E-state index contributed by atoms with van der Waals surface area (Å²) in [6.45, 7) is 10.3. The monoisotopic (exact) mass is 382 g/mol. The second kappa shape index (κ2) is 8.02. The zero-order valence-electron chi connectivity index (χ0n) is 16.4. The molecule has 0 saturated heterocycles. The van der Waals surface area contributed by atoms with Crippen LogP contribution in [0.5, 0.6) is 0 Å². The van der Waals surface area contributed by atoms with Gasteiger partial charge in [-0.15, -0.1) is 0 Å². The molecule has 0 aromatic carbocycles. The second-order valence-electron chi connectivity index (χ2n) is 8.01. The Morgan fingerprint density at radius 1 is 1.30 bits per heavy atom. The van der Waals surface area contributed by atoms with Crippen molar-refractivity contribution in [2.45, 2.75) is 51.8 Å². The van der Waals surface area contributed by atoms with E-state index in [1.807, 2.05) is 34.6 Å². The fourth-order valence-electron chi connectivity index (χ4n) is 2.81. The van der Waals surface area contributed by atoms with Gasteiger partial charge in [0.05, 0.1) is 30.4 Å². The first-order valence-corrected chi connectivity index (χ1v) is 12.9. The zero-order valence-corrected chi connectivity index (χ0v) is 17.4. The summed E-state index contributed by atoms with van der Waals surface area (Å²) in [5.74, 6) is 0. The van der Waals surface area contributed by atoms with E-state index in [1.165, 1.54) is 0 Å². The Bertz CT molecular complexity index is 949. The third-order valence-electron chi connectivity index (χ3n) is 4.50. The summed E-state index contributed by atoms with van der Waals surface area (Å²) >= 11 is 0. The molecule has 3 rings (SSSR count). The summed E-state index contributed by atoms with van der Waals surface area (Å²) in [6, 6.07) is 5.37. The van der Waals surface area contributed by atoms with Gasteiger partial charge in [-0.2, -0.15) is 10.4 Å². The second-order valence-corrected chi connectivity index (χ2v) is 13.6. The van der Waals surface area contributed by atoms with Crippen molar-refractivity contribution in [1.29, 1.82) is 5.26 Å². The minimum absolute atomic E-state index is 0.0328. The molecule has 0 saturated carbocycles. The summed E-state index contributed by atoms with van der Waals surface area (Å²) in [5, 5.41) is 14.2. The van der Waals surface area contributed by atoms with E-state index in [2.05, 4.69) is 40.8 Å². The maximum absolute atomic E-state index is 8.87. The van der Waals surface area contributed by atoms with Crippen LogP contribution in [0.25, 0.3) is 22.3 Å². The van der Waals surface area contributed by atoms with Crippen LogP contribution in [0.2, 0.25) is 25.7 Å². The van der Waals surface area contributed by atoms with Crippen molar-refractivity contribution in [2.75, 3.05) is 6.61 Å². The number of hydrogen-bond donors (Lipinski definition) is 0. The predicted molar refractivity (Wildman–Crippen MR) is 108 cm³/mol. The maximum atomic E-state index is 8.87. The summed E-state index contributed by atoms with van der Waals surface area (Å²) in [7, 11) is -1.09. The Balaban J connectivity index is 1.79. The number of ether oxygens (including phenoxy) is 1. The van der Waals surface area contributed by atoms with E-state index in [1.54, 1.807) is 12.5 Å². The van der Waals surface area contributed by atoms with Gasteiger partial charge < -0.3 is 9.30 Å². The minimum atomic E-state index is -1.09. The Labute approximate surface area is 160 Å². The van der Waals surface area contributed by atoms with Crippen molar-refractivity contribution in [3.05, 3.63) is 31.0 Å². The third kappa shape index (κ3) is 4.62. The molecule has 0 spiro atoms. The van der Waals surface area contributed by atoms with Crippen LogP contribution in [0.15, 0.2) is 31.0 Å². The summed E-state index contributed by atoms with van der Waals surface area (Å²) in [6.07, 6.45) is 7.71. The molecule has 1 atom stereocenters. The number of nitrogens with zero attached hydrogens (tertiary/aromatic N) is 6. The van der Waals surface area contributed by atoms with Crippen molar-refractivity contribution in [1.82, 2.24) is 24.3 Å². The van der Waals surface area contributed by atoms with Crippen LogP contribution in [0.4, 0.5) is 0 Å². The normalized spacial score (nSPS) is 13.0. The van der Waals surface area contributed by atoms with Crippen LogP contribution < -0.4 is 0 Å². The van der Waals surface area contributed by atoms with Gasteiger partial charge in [0.25, 0.3) is 0 Å². The van der Waals surface area contributed by atoms with E-state index in [9.17, 15) is 0 Å². The lowest BCUT2D eigenvalue weighted by Gasteiger charge is -2.15. The third-order valence-corrected chi connectivity index (χ3v) is 6.20. The van der Waals surface area contributed by atoms with Gasteiger partial charge in [-0.05, 0) is 19.0 Å². The maximum Gasteiger partial charge on any atom is 0.145 e. The molecule has 0 aliphatic heterocycles. The first-order chi connectivity index (χ1) is 12.9. The lowest BCUT2D eigenvalue weighted by atomic mass is 10.2. The molecule has 7 nitrogen and oxygen atoms in total. The summed E-state index contributed by atoms with van der Waals surface area (Å²) in [4.78, 5) is 8.90. The lowest BCUT2D eigenvalue weighted by molar-refractivity contribution is 0.0899. The van der Waals surface area contributed by atoms with Gasteiger partial charge in [0.2, 0.25) is 0 Å². The lowest BCUT2D eigenvalue weighted by Crippen LogP contribution is -2.22. The van der Waals surface area contributed by atoms with Crippen LogP contribution in [0.3, 0.4) is 0 Å². The van der Waals surface area contributed by atoms with E-state index in [0.717, 1.165) is 34.9 Å². The molecule has 0 fully saturated rings. The molecule has 3 aromatic heterocycles. The van der Waals surface area contributed by atoms with E-state index in [-0.39, 0.29) is 6.04 Å². The quantitative estimate of drug-likeness (QED) is 0.433. The number of rotatable bonds is 8. The molecule has 0 N–H and O–H groups in total. The average molecular weight is 383 g/mol. The van der Waals surface area contributed by atoms with Crippen LogP contribution in [-0.2, 0) is 11.5 Å². The molecular formula is C19H26N6OSi. The highest BCUT2D eigenvalue weighted by Gasteiger charge is 2.15. The smallest absolute Gasteiger partial charge is 0.145 e. The number of hydrogen-bond acceptors (Lipinski definition) is 5. The molecule has 3 aromatic rings. The average Bonchev–Trinajstić information content (AvgIpc) is 3.25.